The Kier molecular flexibility index (Phi) is 4.74. The summed E-state index contributed by atoms with van der Waals surface area (Å²) in [7, 11) is -3.62. The van der Waals surface area contributed by atoms with Gasteiger partial charge in [0.25, 0.3) is 0 Å². The number of hydrogen-bond acceptors (Lipinski definition) is 4. The Bertz CT molecular complexity index is 643. The van der Waals surface area contributed by atoms with Crippen LogP contribution in [0.4, 0.5) is 0 Å². The predicted molar refractivity (Wildman–Crippen MR) is 76.9 cm³/mol. The second kappa shape index (κ2) is 6.53. The molecule has 1 heterocycles. The number of benzene rings is 1. The number of amides is 2. The maximum Gasteiger partial charge on any atom is 0.244 e. The highest BCUT2D eigenvalue weighted by Gasteiger charge is 2.19. The van der Waals surface area contributed by atoms with Crippen molar-refractivity contribution < 1.29 is 18.0 Å². The molecule has 1 aromatic carbocycles. The highest BCUT2D eigenvalue weighted by atomic mass is 32.2. The molecular formula is C14H16N2O4S. The third kappa shape index (κ3) is 4.42. The number of hydrogen-bond donors (Lipinski definition) is 2. The van der Waals surface area contributed by atoms with Gasteiger partial charge >= 0.3 is 0 Å². The summed E-state index contributed by atoms with van der Waals surface area (Å²) in [6.45, 7) is 0.365. The van der Waals surface area contributed by atoms with Crippen molar-refractivity contribution >= 4 is 21.7 Å². The van der Waals surface area contributed by atoms with Gasteiger partial charge in [-0.25, -0.2) is 8.42 Å². The smallest absolute Gasteiger partial charge is 0.244 e. The van der Waals surface area contributed by atoms with Gasteiger partial charge in [0, 0.05) is 30.5 Å². The summed E-state index contributed by atoms with van der Waals surface area (Å²) in [4.78, 5) is 22.8. The SMILES string of the molecule is O=C(C=CS(=O)(=O)c1ccccc1)NC1CCC(=O)NC1. The van der Waals surface area contributed by atoms with E-state index in [-0.39, 0.29) is 16.8 Å². The highest BCUT2D eigenvalue weighted by Crippen LogP contribution is 2.11. The topological polar surface area (TPSA) is 92.3 Å². The van der Waals surface area contributed by atoms with Crippen LogP contribution in [0.2, 0.25) is 0 Å². The van der Waals surface area contributed by atoms with E-state index in [1.54, 1.807) is 18.2 Å². The van der Waals surface area contributed by atoms with Gasteiger partial charge in [-0.2, -0.15) is 0 Å². The summed E-state index contributed by atoms with van der Waals surface area (Å²) in [5, 5.41) is 6.19. The average molecular weight is 308 g/mol. The van der Waals surface area contributed by atoms with Crippen LogP contribution in [0.5, 0.6) is 0 Å². The standard InChI is InChI=1S/C14H16N2O4S/c17-13-7-6-11(10-15-13)16-14(18)8-9-21(19,20)12-4-2-1-3-5-12/h1-5,8-9,11H,6-7,10H2,(H,15,17)(H,16,18). The number of carbonyl (C=O) groups excluding carboxylic acids is 2. The fraction of sp³-hybridized carbons (Fsp3) is 0.286. The first-order chi connectivity index (χ1) is 9.97. The third-order valence-electron chi connectivity index (χ3n) is 3.08. The Balaban J connectivity index is 1.94. The van der Waals surface area contributed by atoms with E-state index in [9.17, 15) is 18.0 Å². The molecule has 1 aromatic rings. The van der Waals surface area contributed by atoms with Gasteiger partial charge in [0.2, 0.25) is 11.8 Å². The van der Waals surface area contributed by atoms with E-state index in [0.29, 0.717) is 19.4 Å². The molecule has 0 spiro atoms. The van der Waals surface area contributed by atoms with Crippen molar-refractivity contribution in [2.24, 2.45) is 0 Å². The molecule has 1 aliphatic heterocycles. The molecule has 6 nitrogen and oxygen atoms in total. The quantitative estimate of drug-likeness (QED) is 0.786. The molecule has 0 radical (unpaired) electrons. The van der Waals surface area contributed by atoms with E-state index in [2.05, 4.69) is 10.6 Å². The summed E-state index contributed by atoms with van der Waals surface area (Å²) in [5.74, 6) is -0.529. The number of sulfone groups is 1. The van der Waals surface area contributed by atoms with Crippen LogP contribution in [0.3, 0.4) is 0 Å². The Morgan fingerprint density at radius 3 is 2.62 bits per heavy atom. The molecule has 2 N–H and O–H groups in total. The third-order valence-corrected chi connectivity index (χ3v) is 4.51. The van der Waals surface area contributed by atoms with Crippen LogP contribution in [-0.2, 0) is 19.4 Å². The van der Waals surface area contributed by atoms with Gasteiger partial charge in [-0.15, -0.1) is 0 Å². The van der Waals surface area contributed by atoms with Gasteiger partial charge < -0.3 is 10.6 Å². The number of piperidine rings is 1. The molecule has 7 heteroatoms. The van der Waals surface area contributed by atoms with Crippen LogP contribution in [0.1, 0.15) is 12.8 Å². The van der Waals surface area contributed by atoms with Gasteiger partial charge in [0.1, 0.15) is 0 Å². The Morgan fingerprint density at radius 1 is 1.29 bits per heavy atom. The molecule has 0 saturated carbocycles. The van der Waals surface area contributed by atoms with E-state index in [1.807, 2.05) is 0 Å². The minimum atomic E-state index is -3.62. The highest BCUT2D eigenvalue weighted by molar-refractivity contribution is 7.94. The Morgan fingerprint density at radius 2 is 2.00 bits per heavy atom. The first-order valence-corrected chi connectivity index (χ1v) is 8.07. The first kappa shape index (κ1) is 15.2. The minimum absolute atomic E-state index is 0.0392. The van der Waals surface area contributed by atoms with Crippen LogP contribution in [0.25, 0.3) is 0 Å². The molecule has 1 saturated heterocycles. The van der Waals surface area contributed by atoms with E-state index < -0.39 is 15.7 Å². The lowest BCUT2D eigenvalue weighted by Gasteiger charge is -2.22. The second-order valence-electron chi connectivity index (χ2n) is 4.71. The summed E-state index contributed by atoms with van der Waals surface area (Å²) < 4.78 is 23.9. The molecule has 1 unspecified atom stereocenters. The normalized spacial score (nSPS) is 19.2. The molecule has 2 amide bonds. The van der Waals surface area contributed by atoms with Crippen molar-refractivity contribution in [1.82, 2.24) is 10.6 Å². The summed E-state index contributed by atoms with van der Waals surface area (Å²) in [6, 6.07) is 7.71. The summed E-state index contributed by atoms with van der Waals surface area (Å²) >= 11 is 0. The molecule has 1 atom stereocenters. The summed E-state index contributed by atoms with van der Waals surface area (Å²) in [6.07, 6.45) is 1.91. The predicted octanol–water partition coefficient (Wildman–Crippen LogP) is 0.369. The van der Waals surface area contributed by atoms with Crippen molar-refractivity contribution in [2.45, 2.75) is 23.8 Å². The molecule has 0 aromatic heterocycles. The zero-order chi connectivity index (χ0) is 15.3. The molecule has 1 aliphatic rings. The molecule has 21 heavy (non-hydrogen) atoms. The van der Waals surface area contributed by atoms with E-state index >= 15 is 0 Å². The monoisotopic (exact) mass is 308 g/mol. The Hall–Kier alpha value is -2.15. The van der Waals surface area contributed by atoms with Crippen LogP contribution in [-0.4, -0.2) is 32.8 Å². The van der Waals surface area contributed by atoms with Crippen LogP contribution >= 0.6 is 0 Å². The molecule has 112 valence electrons. The molecule has 0 aliphatic carbocycles. The van der Waals surface area contributed by atoms with Gasteiger partial charge in [-0.05, 0) is 18.6 Å². The number of rotatable bonds is 4. The van der Waals surface area contributed by atoms with E-state index in [4.69, 9.17) is 0 Å². The molecular weight excluding hydrogens is 292 g/mol. The zero-order valence-electron chi connectivity index (χ0n) is 11.3. The maximum atomic E-state index is 11.9. The van der Waals surface area contributed by atoms with Crippen molar-refractivity contribution in [2.75, 3.05) is 6.54 Å². The fourth-order valence-corrected chi connectivity index (χ4v) is 2.94. The zero-order valence-corrected chi connectivity index (χ0v) is 12.1. The van der Waals surface area contributed by atoms with Crippen molar-refractivity contribution in [3.8, 4) is 0 Å². The van der Waals surface area contributed by atoms with E-state index in [1.165, 1.54) is 12.1 Å². The summed E-state index contributed by atoms with van der Waals surface area (Å²) in [5.41, 5.74) is 0. The van der Waals surface area contributed by atoms with E-state index in [0.717, 1.165) is 11.5 Å². The van der Waals surface area contributed by atoms with Crippen LogP contribution < -0.4 is 10.6 Å². The van der Waals surface area contributed by atoms with Crippen molar-refractivity contribution in [1.29, 1.82) is 0 Å². The first-order valence-electron chi connectivity index (χ1n) is 6.53. The van der Waals surface area contributed by atoms with Crippen molar-refractivity contribution in [3.05, 3.63) is 41.8 Å². The maximum absolute atomic E-state index is 11.9. The van der Waals surface area contributed by atoms with Gasteiger partial charge in [0.05, 0.1) is 4.90 Å². The number of carbonyl (C=O) groups is 2. The molecule has 0 bridgehead atoms. The lowest BCUT2D eigenvalue weighted by atomic mass is 10.1. The van der Waals surface area contributed by atoms with Crippen molar-refractivity contribution in [3.63, 3.8) is 0 Å². The number of nitrogens with one attached hydrogen (secondary N) is 2. The molecule has 1 fully saturated rings. The van der Waals surface area contributed by atoms with Gasteiger partial charge in [0.15, 0.2) is 9.84 Å². The van der Waals surface area contributed by atoms with Crippen LogP contribution in [0.15, 0.2) is 46.7 Å². The Labute approximate surface area is 123 Å². The van der Waals surface area contributed by atoms with Gasteiger partial charge in [-0.1, -0.05) is 18.2 Å². The van der Waals surface area contributed by atoms with Gasteiger partial charge in [-0.3, -0.25) is 9.59 Å². The lowest BCUT2D eigenvalue weighted by molar-refractivity contribution is -0.124. The molecule has 2 rings (SSSR count). The lowest BCUT2D eigenvalue weighted by Crippen LogP contribution is -2.47. The average Bonchev–Trinajstić information content (AvgIpc) is 2.49. The fourth-order valence-electron chi connectivity index (χ4n) is 1.95. The van der Waals surface area contributed by atoms with Crippen LogP contribution in [0, 0.1) is 0 Å². The minimum Gasteiger partial charge on any atom is -0.354 e. The largest absolute Gasteiger partial charge is 0.354 e. The second-order valence-corrected chi connectivity index (χ2v) is 6.54.